The van der Waals surface area contributed by atoms with Crippen LogP contribution in [0.3, 0.4) is 0 Å². The minimum Gasteiger partial charge on any atom is -0.487 e. The second kappa shape index (κ2) is 7.53. The molecule has 3 heterocycles. The van der Waals surface area contributed by atoms with Crippen LogP contribution in [0, 0.1) is 6.92 Å². The number of aryl methyl sites for hydroxylation is 1. The number of nitrogens with zero attached hydrogens (tertiary/aromatic N) is 3. The number of ether oxygens (including phenoxy) is 1. The van der Waals surface area contributed by atoms with Crippen LogP contribution in [-0.2, 0) is 0 Å². The van der Waals surface area contributed by atoms with Gasteiger partial charge in [0.1, 0.15) is 6.61 Å². The molecule has 0 aliphatic carbocycles. The van der Waals surface area contributed by atoms with Gasteiger partial charge < -0.3 is 19.3 Å². The molecule has 0 bridgehead atoms. The third kappa shape index (κ3) is 3.27. The maximum Gasteiger partial charge on any atom is 0.166 e. The maximum atomic E-state index is 6.19. The van der Waals surface area contributed by atoms with Gasteiger partial charge in [-0.25, -0.2) is 0 Å². The second-order valence-electron chi connectivity index (χ2n) is 7.24. The van der Waals surface area contributed by atoms with Crippen LogP contribution in [0.4, 0.5) is 11.4 Å². The number of hydrogen-bond acceptors (Lipinski definition) is 6. The van der Waals surface area contributed by atoms with Crippen molar-refractivity contribution in [2.24, 2.45) is 0 Å². The first-order valence-corrected chi connectivity index (χ1v) is 10.6. The topological polar surface area (TPSA) is 40.6 Å². The molecular formula is C22H24N4OS. The van der Waals surface area contributed by atoms with Crippen molar-refractivity contribution in [2.75, 3.05) is 48.5 Å². The van der Waals surface area contributed by atoms with Gasteiger partial charge in [0.15, 0.2) is 5.75 Å². The highest BCUT2D eigenvalue weighted by molar-refractivity contribution is 8.00. The SMILES string of the molecule is Cc1cc(N2CCNCC2)c2c(c1)N(Sc1cccc3cccnc13)CCO2. The van der Waals surface area contributed by atoms with Crippen LogP contribution < -0.4 is 19.3 Å². The summed E-state index contributed by atoms with van der Waals surface area (Å²) in [6.07, 6.45) is 1.87. The van der Waals surface area contributed by atoms with Gasteiger partial charge in [-0.3, -0.25) is 4.98 Å². The Bertz CT molecular complexity index is 998. The highest BCUT2D eigenvalue weighted by Crippen LogP contribution is 2.45. The Hall–Kier alpha value is -2.44. The van der Waals surface area contributed by atoms with E-state index >= 15 is 0 Å². The highest BCUT2D eigenvalue weighted by atomic mass is 32.2. The quantitative estimate of drug-likeness (QED) is 0.683. The summed E-state index contributed by atoms with van der Waals surface area (Å²) in [5, 5.41) is 4.61. The molecule has 1 N–H and O–H groups in total. The Kier molecular flexibility index (Phi) is 4.74. The number of aromatic nitrogens is 1. The van der Waals surface area contributed by atoms with E-state index in [1.54, 1.807) is 11.9 Å². The van der Waals surface area contributed by atoms with E-state index in [0.717, 1.165) is 49.7 Å². The number of rotatable bonds is 3. The van der Waals surface area contributed by atoms with E-state index in [1.165, 1.54) is 21.5 Å². The van der Waals surface area contributed by atoms with E-state index in [1.807, 2.05) is 12.3 Å². The summed E-state index contributed by atoms with van der Waals surface area (Å²) in [6.45, 7) is 7.78. The molecule has 1 fully saturated rings. The number of benzene rings is 2. The number of pyridine rings is 1. The van der Waals surface area contributed by atoms with Gasteiger partial charge in [0.05, 0.1) is 28.3 Å². The largest absolute Gasteiger partial charge is 0.487 e. The molecule has 0 radical (unpaired) electrons. The summed E-state index contributed by atoms with van der Waals surface area (Å²) in [4.78, 5) is 8.23. The summed E-state index contributed by atoms with van der Waals surface area (Å²) in [5.41, 5.74) is 4.70. The molecule has 0 spiro atoms. The first-order valence-electron chi connectivity index (χ1n) is 9.82. The third-order valence-corrected chi connectivity index (χ3v) is 6.39. The monoisotopic (exact) mass is 392 g/mol. The van der Waals surface area contributed by atoms with Crippen molar-refractivity contribution in [3.05, 3.63) is 54.2 Å². The maximum absolute atomic E-state index is 6.19. The summed E-state index contributed by atoms with van der Waals surface area (Å²) in [5.74, 6) is 1.01. The van der Waals surface area contributed by atoms with E-state index in [2.05, 4.69) is 62.8 Å². The van der Waals surface area contributed by atoms with Gasteiger partial charge in [0, 0.05) is 37.8 Å². The van der Waals surface area contributed by atoms with E-state index < -0.39 is 0 Å². The number of fused-ring (bicyclic) bond motifs is 2. The molecule has 0 atom stereocenters. The Balaban J connectivity index is 1.53. The van der Waals surface area contributed by atoms with E-state index in [9.17, 15) is 0 Å². The molecule has 0 amide bonds. The average molecular weight is 393 g/mol. The van der Waals surface area contributed by atoms with Crippen molar-refractivity contribution in [3.63, 3.8) is 0 Å². The predicted molar refractivity (Wildman–Crippen MR) is 117 cm³/mol. The minimum absolute atomic E-state index is 0.695. The van der Waals surface area contributed by atoms with Crippen molar-refractivity contribution in [2.45, 2.75) is 11.8 Å². The lowest BCUT2D eigenvalue weighted by atomic mass is 10.1. The number of anilines is 2. The summed E-state index contributed by atoms with van der Waals surface area (Å²) >= 11 is 1.76. The number of hydrogen-bond donors (Lipinski definition) is 1. The molecule has 2 aliphatic rings. The third-order valence-electron chi connectivity index (χ3n) is 5.27. The zero-order valence-corrected chi connectivity index (χ0v) is 16.8. The van der Waals surface area contributed by atoms with Gasteiger partial charge in [0.25, 0.3) is 0 Å². The molecule has 5 rings (SSSR count). The molecule has 0 unspecified atom stereocenters. The van der Waals surface area contributed by atoms with Crippen LogP contribution in [0.1, 0.15) is 5.56 Å². The van der Waals surface area contributed by atoms with Crippen LogP contribution in [-0.4, -0.2) is 44.3 Å². The molecule has 144 valence electrons. The zero-order chi connectivity index (χ0) is 18.9. The van der Waals surface area contributed by atoms with Crippen molar-refractivity contribution < 1.29 is 4.74 Å². The zero-order valence-electron chi connectivity index (χ0n) is 16.0. The number of piperazine rings is 1. The molecule has 0 saturated carbocycles. The van der Waals surface area contributed by atoms with Gasteiger partial charge in [-0.1, -0.05) is 18.2 Å². The number of nitrogens with one attached hydrogen (secondary N) is 1. The summed E-state index contributed by atoms with van der Waals surface area (Å²) in [7, 11) is 0. The van der Waals surface area contributed by atoms with Crippen LogP contribution in [0.15, 0.2) is 53.6 Å². The molecule has 6 heteroatoms. The Morgan fingerprint density at radius 1 is 1.04 bits per heavy atom. The van der Waals surface area contributed by atoms with Gasteiger partial charge in [-0.15, -0.1) is 0 Å². The first-order chi connectivity index (χ1) is 13.8. The van der Waals surface area contributed by atoms with Crippen molar-refractivity contribution >= 4 is 34.2 Å². The Morgan fingerprint density at radius 3 is 2.75 bits per heavy atom. The van der Waals surface area contributed by atoms with Gasteiger partial charge in [0.2, 0.25) is 0 Å². The molecule has 1 saturated heterocycles. The molecule has 1 aromatic heterocycles. The lowest BCUT2D eigenvalue weighted by Gasteiger charge is -2.36. The molecule has 5 nitrogen and oxygen atoms in total. The molecule has 3 aromatic rings. The molecule has 28 heavy (non-hydrogen) atoms. The standard InChI is InChI=1S/C22H24N4OS/c1-16-14-18(25-10-8-23-9-11-25)22-19(15-16)26(12-13-27-22)28-20-6-2-4-17-5-3-7-24-21(17)20/h2-7,14-15,23H,8-13H2,1H3. The van der Waals surface area contributed by atoms with Crippen molar-refractivity contribution in [3.8, 4) is 5.75 Å². The van der Waals surface area contributed by atoms with Gasteiger partial charge in [-0.2, -0.15) is 0 Å². The van der Waals surface area contributed by atoms with Crippen LogP contribution in [0.5, 0.6) is 5.75 Å². The van der Waals surface area contributed by atoms with Crippen molar-refractivity contribution in [1.29, 1.82) is 0 Å². The second-order valence-corrected chi connectivity index (χ2v) is 8.31. The Labute approximate surface area is 169 Å². The highest BCUT2D eigenvalue weighted by Gasteiger charge is 2.26. The Morgan fingerprint density at radius 2 is 1.86 bits per heavy atom. The lowest BCUT2D eigenvalue weighted by Crippen LogP contribution is -2.44. The van der Waals surface area contributed by atoms with Crippen LogP contribution in [0.2, 0.25) is 0 Å². The van der Waals surface area contributed by atoms with Gasteiger partial charge >= 0.3 is 0 Å². The first kappa shape index (κ1) is 17.6. The van der Waals surface area contributed by atoms with Crippen LogP contribution >= 0.6 is 11.9 Å². The van der Waals surface area contributed by atoms with Crippen molar-refractivity contribution in [1.82, 2.24) is 10.3 Å². The molecular weight excluding hydrogens is 368 g/mol. The summed E-state index contributed by atoms with van der Waals surface area (Å²) < 4.78 is 8.55. The summed E-state index contributed by atoms with van der Waals surface area (Å²) in [6, 6.07) is 15.0. The minimum atomic E-state index is 0.695. The average Bonchev–Trinajstić information content (AvgIpc) is 2.74. The smallest absolute Gasteiger partial charge is 0.166 e. The van der Waals surface area contributed by atoms with Crippen LogP contribution in [0.25, 0.3) is 10.9 Å². The van der Waals surface area contributed by atoms with E-state index in [0.29, 0.717) is 6.61 Å². The molecule has 2 aliphatic heterocycles. The van der Waals surface area contributed by atoms with E-state index in [4.69, 9.17) is 4.74 Å². The fourth-order valence-corrected chi connectivity index (χ4v) is 4.96. The normalized spacial score (nSPS) is 16.8. The lowest BCUT2D eigenvalue weighted by molar-refractivity contribution is 0.317. The predicted octanol–water partition coefficient (Wildman–Crippen LogP) is 3.86. The van der Waals surface area contributed by atoms with E-state index in [-0.39, 0.29) is 0 Å². The fourth-order valence-electron chi connectivity index (χ4n) is 3.92. The van der Waals surface area contributed by atoms with Gasteiger partial charge in [-0.05, 0) is 48.7 Å². The molecule has 2 aromatic carbocycles. The fraction of sp³-hybridized carbons (Fsp3) is 0.318. The number of para-hydroxylation sites is 1.